The Balaban J connectivity index is 0.956. The Morgan fingerprint density at radius 1 is 0.241 bits per heavy atom. The number of fused-ring (bicyclic) bond motifs is 13. The fraction of sp³-hybridized carbons (Fsp3) is 0.0750. The van der Waals surface area contributed by atoms with Crippen LogP contribution < -0.4 is 9.80 Å². The molecule has 1 aromatic heterocycles. The van der Waals surface area contributed by atoms with E-state index in [4.69, 9.17) is 0 Å². The zero-order valence-electron chi connectivity index (χ0n) is 46.7. The lowest BCUT2D eigenvalue weighted by Gasteiger charge is -2.42. The molecule has 3 nitrogen and oxygen atoms in total. The molecular weight excluding hydrogens is 1000 g/mol. The molecule has 0 spiro atoms. The van der Waals surface area contributed by atoms with Crippen LogP contribution in [0.1, 0.15) is 49.9 Å². The summed E-state index contributed by atoms with van der Waals surface area (Å²) in [5, 5.41) is 17.9. The first-order valence-electron chi connectivity index (χ1n) is 29.3. The van der Waals surface area contributed by atoms with Gasteiger partial charge in [0, 0.05) is 38.1 Å². The van der Waals surface area contributed by atoms with E-state index in [0.717, 1.165) is 5.69 Å². The van der Waals surface area contributed by atoms with E-state index in [2.05, 4.69) is 303 Å². The standard InChI is InChI=1S/C80H55N3/c1-79(2)59-35-15-19-39-66(59)82(67-40-20-16-36-60(67)79)64-44-42-56-73-52(64)31-22-33-54(73)75-71(48-24-8-5-9-25-48)78-57-43-45-65(53-32-23-34-55(74(53)57)76(78)72(77(56)75)49-26-10-6-11-27-49)83-68-41-21-17-37-61(68)80(3,4)62-47-69-58(46-70(62)83)51-30-14-18-38-63(51)81(69)50-28-12-7-13-29-50/h5-47H,1-4H3. The molecule has 3 heterocycles. The number of para-hydroxylation sites is 5. The number of hydrogen-bond donors (Lipinski definition) is 0. The van der Waals surface area contributed by atoms with Crippen molar-refractivity contribution in [1.82, 2.24) is 4.57 Å². The van der Waals surface area contributed by atoms with Crippen LogP contribution >= 0.6 is 0 Å². The number of aromatic nitrogens is 1. The number of rotatable bonds is 5. The van der Waals surface area contributed by atoms with Crippen LogP contribution in [0, 0.1) is 0 Å². The van der Waals surface area contributed by atoms with Crippen LogP contribution in [0.25, 0.3) is 114 Å². The molecule has 83 heavy (non-hydrogen) atoms. The summed E-state index contributed by atoms with van der Waals surface area (Å²) < 4.78 is 2.46. The van der Waals surface area contributed by atoms with Crippen LogP contribution in [0.3, 0.4) is 0 Å². The average molecular weight is 1060 g/mol. The Hall–Kier alpha value is -10.2. The monoisotopic (exact) mass is 1060 g/mol. The van der Waals surface area contributed by atoms with Crippen LogP contribution in [-0.4, -0.2) is 4.57 Å². The Morgan fingerprint density at radius 3 is 1.13 bits per heavy atom. The minimum Gasteiger partial charge on any atom is -0.309 e. The Bertz CT molecular complexity index is 5230. The topological polar surface area (TPSA) is 11.4 Å². The summed E-state index contributed by atoms with van der Waals surface area (Å²) in [6.07, 6.45) is 0. The van der Waals surface area contributed by atoms with Crippen LogP contribution in [0.2, 0.25) is 0 Å². The third-order valence-electron chi connectivity index (χ3n) is 19.4. The molecule has 0 N–H and O–H groups in total. The van der Waals surface area contributed by atoms with Crippen molar-refractivity contribution in [3.63, 3.8) is 0 Å². The van der Waals surface area contributed by atoms with E-state index in [0.29, 0.717) is 0 Å². The molecule has 0 amide bonds. The molecule has 0 saturated heterocycles. The van der Waals surface area contributed by atoms with E-state index in [1.807, 2.05) is 0 Å². The second kappa shape index (κ2) is 16.7. The van der Waals surface area contributed by atoms with Crippen LogP contribution in [0.5, 0.6) is 0 Å². The van der Waals surface area contributed by atoms with E-state index in [-0.39, 0.29) is 10.8 Å². The zero-order chi connectivity index (χ0) is 55.0. The fourth-order valence-corrected chi connectivity index (χ4v) is 15.8. The van der Waals surface area contributed by atoms with Gasteiger partial charge in [-0.15, -0.1) is 0 Å². The predicted molar refractivity (Wildman–Crippen MR) is 353 cm³/mol. The molecule has 0 unspecified atom stereocenters. The van der Waals surface area contributed by atoms with Crippen molar-refractivity contribution in [1.29, 1.82) is 0 Å². The number of benzene rings is 13. The van der Waals surface area contributed by atoms with Gasteiger partial charge in [0.1, 0.15) is 0 Å². The maximum atomic E-state index is 2.60. The predicted octanol–water partition coefficient (Wildman–Crippen LogP) is 22.1. The Morgan fingerprint density at radius 2 is 0.627 bits per heavy atom. The molecule has 3 heteroatoms. The van der Waals surface area contributed by atoms with Crippen molar-refractivity contribution in [3.05, 3.63) is 283 Å². The van der Waals surface area contributed by atoms with Gasteiger partial charge in [-0.2, -0.15) is 0 Å². The largest absolute Gasteiger partial charge is 0.309 e. The molecule has 18 rings (SSSR count). The number of anilines is 6. The van der Waals surface area contributed by atoms with Crippen LogP contribution in [0.4, 0.5) is 34.1 Å². The molecule has 0 saturated carbocycles. The van der Waals surface area contributed by atoms with Crippen molar-refractivity contribution >= 4 is 121 Å². The third-order valence-corrected chi connectivity index (χ3v) is 19.4. The third kappa shape index (κ3) is 6.08. The van der Waals surface area contributed by atoms with E-state index < -0.39 is 0 Å². The second-order valence-electron chi connectivity index (χ2n) is 24.2. The van der Waals surface area contributed by atoms with Crippen molar-refractivity contribution in [2.75, 3.05) is 9.80 Å². The van der Waals surface area contributed by atoms with E-state index in [9.17, 15) is 0 Å². The van der Waals surface area contributed by atoms with Crippen molar-refractivity contribution in [2.24, 2.45) is 0 Å². The molecule has 2 aliphatic rings. The summed E-state index contributed by atoms with van der Waals surface area (Å²) >= 11 is 0. The molecule has 0 atom stereocenters. The molecule has 0 bridgehead atoms. The SMILES string of the molecule is CC1(C)c2ccccc2N(c2ccc3c4c(-c5ccccc5)c5c6cccc7c(N8c9ccccc9C(C)(C)c9cc%10c(cc98)c8ccccc8n%10-c8ccccc8)ccc(c5c(-c5ccccc5)c4c4cccc2c34)c76)c2ccccc21. The minimum absolute atomic E-state index is 0.164. The normalized spacial score (nSPS) is 14.4. The van der Waals surface area contributed by atoms with Gasteiger partial charge in [-0.25, -0.2) is 0 Å². The smallest absolute Gasteiger partial charge is 0.0545 e. The van der Waals surface area contributed by atoms with Gasteiger partial charge < -0.3 is 14.4 Å². The van der Waals surface area contributed by atoms with Gasteiger partial charge in [-0.05, 0) is 159 Å². The lowest BCUT2D eigenvalue weighted by molar-refractivity contribution is 0.632. The maximum absolute atomic E-state index is 2.60. The van der Waals surface area contributed by atoms with Crippen molar-refractivity contribution in [3.8, 4) is 27.9 Å². The molecule has 15 aromatic carbocycles. The van der Waals surface area contributed by atoms with Gasteiger partial charge >= 0.3 is 0 Å². The first-order valence-corrected chi connectivity index (χ1v) is 29.3. The van der Waals surface area contributed by atoms with Gasteiger partial charge in [0.25, 0.3) is 0 Å². The summed E-state index contributed by atoms with van der Waals surface area (Å²) in [5.41, 5.74) is 20.7. The lowest BCUT2D eigenvalue weighted by atomic mass is 9.73. The van der Waals surface area contributed by atoms with Gasteiger partial charge in [0.15, 0.2) is 0 Å². The number of hydrogen-bond acceptors (Lipinski definition) is 2. The second-order valence-corrected chi connectivity index (χ2v) is 24.2. The lowest BCUT2D eigenvalue weighted by Crippen LogP contribution is -2.30. The van der Waals surface area contributed by atoms with E-state index >= 15 is 0 Å². The molecule has 0 fully saturated rings. The summed E-state index contributed by atoms with van der Waals surface area (Å²) in [5.74, 6) is 0. The van der Waals surface area contributed by atoms with Gasteiger partial charge in [-0.1, -0.05) is 228 Å². The maximum Gasteiger partial charge on any atom is 0.0545 e. The first-order chi connectivity index (χ1) is 40.8. The fourth-order valence-electron chi connectivity index (χ4n) is 15.8. The zero-order valence-corrected chi connectivity index (χ0v) is 46.7. The average Bonchev–Trinajstić information content (AvgIpc) is 1.67. The Labute approximate surface area is 481 Å². The van der Waals surface area contributed by atoms with Crippen molar-refractivity contribution in [2.45, 2.75) is 38.5 Å². The summed E-state index contributed by atoms with van der Waals surface area (Å²) in [6, 6.07) is 98.5. The molecule has 16 aromatic rings. The number of nitrogens with zero attached hydrogens (tertiary/aromatic N) is 3. The van der Waals surface area contributed by atoms with Gasteiger partial charge in [0.2, 0.25) is 0 Å². The summed E-state index contributed by atoms with van der Waals surface area (Å²) in [6.45, 7) is 9.57. The highest BCUT2D eigenvalue weighted by Gasteiger charge is 2.40. The first kappa shape index (κ1) is 46.5. The Kier molecular flexibility index (Phi) is 9.36. The van der Waals surface area contributed by atoms with Gasteiger partial charge in [0.05, 0.1) is 45.2 Å². The summed E-state index contributed by atoms with van der Waals surface area (Å²) in [4.78, 5) is 5.14. The van der Waals surface area contributed by atoms with E-state index in [1.54, 1.807) is 0 Å². The molecule has 390 valence electrons. The highest BCUT2D eigenvalue weighted by molar-refractivity contribution is 6.47. The molecular formula is C80H55N3. The molecule has 0 aliphatic carbocycles. The molecule has 0 radical (unpaired) electrons. The quantitative estimate of drug-likeness (QED) is 0.170. The van der Waals surface area contributed by atoms with Crippen molar-refractivity contribution < 1.29 is 0 Å². The van der Waals surface area contributed by atoms with Gasteiger partial charge in [-0.3, -0.25) is 0 Å². The van der Waals surface area contributed by atoms with E-state index in [1.165, 1.54) is 165 Å². The minimum atomic E-state index is -0.297. The summed E-state index contributed by atoms with van der Waals surface area (Å²) in [7, 11) is 0. The highest BCUT2D eigenvalue weighted by Crippen LogP contribution is 2.61. The van der Waals surface area contributed by atoms with Crippen LogP contribution in [0.15, 0.2) is 261 Å². The van der Waals surface area contributed by atoms with Crippen LogP contribution in [-0.2, 0) is 10.8 Å². The molecule has 2 aliphatic heterocycles. The highest BCUT2D eigenvalue weighted by atomic mass is 15.2.